The molecule has 0 atom stereocenters. The zero-order valence-corrected chi connectivity index (χ0v) is 11.9. The normalized spacial score (nSPS) is 15.7. The molecule has 10 heteroatoms. The van der Waals surface area contributed by atoms with Crippen LogP contribution in [0.25, 0.3) is 0 Å². The van der Waals surface area contributed by atoms with Gasteiger partial charge in [-0.25, -0.2) is 4.79 Å². The van der Waals surface area contributed by atoms with Crippen LogP contribution in [-0.4, -0.2) is 41.6 Å². The minimum Gasteiger partial charge on any atom is -1.00 e. The van der Waals surface area contributed by atoms with Gasteiger partial charge >= 0.3 is 35.5 Å². The van der Waals surface area contributed by atoms with E-state index in [4.69, 9.17) is 4.55 Å². The number of hydrogen-bond acceptors (Lipinski definition) is 6. The fourth-order valence-electron chi connectivity index (χ4n) is 1.02. The first kappa shape index (κ1) is 16.5. The van der Waals surface area contributed by atoms with E-state index in [1.165, 1.54) is 0 Å². The van der Waals surface area contributed by atoms with E-state index in [2.05, 4.69) is 4.84 Å². The Morgan fingerprint density at radius 2 is 1.82 bits per heavy atom. The number of rotatable bonds is 4. The van der Waals surface area contributed by atoms with Crippen molar-refractivity contribution in [2.45, 2.75) is 19.3 Å². The van der Waals surface area contributed by atoms with Gasteiger partial charge in [0.15, 0.2) is 0 Å². The van der Waals surface area contributed by atoms with Gasteiger partial charge in [-0.2, -0.15) is 8.42 Å². The molecule has 1 N–H and O–H groups in total. The van der Waals surface area contributed by atoms with Gasteiger partial charge in [-0.1, -0.05) is 0 Å². The quantitative estimate of drug-likeness (QED) is 0.315. The van der Waals surface area contributed by atoms with Crippen molar-refractivity contribution in [2.24, 2.45) is 0 Å². The minimum absolute atomic E-state index is 0. The van der Waals surface area contributed by atoms with Crippen LogP contribution in [0.15, 0.2) is 0 Å². The molecule has 1 fully saturated rings. The molecule has 0 saturated carbocycles. The van der Waals surface area contributed by atoms with Crippen molar-refractivity contribution in [3.05, 3.63) is 0 Å². The van der Waals surface area contributed by atoms with E-state index in [1.54, 1.807) is 0 Å². The molecular formula is C7H10NNaO7S. The van der Waals surface area contributed by atoms with Gasteiger partial charge in [0.2, 0.25) is 0 Å². The van der Waals surface area contributed by atoms with Crippen LogP contribution in [0, 0.1) is 0 Å². The van der Waals surface area contributed by atoms with Crippen molar-refractivity contribution in [3.63, 3.8) is 0 Å². The number of hydroxylamine groups is 2. The van der Waals surface area contributed by atoms with E-state index in [0.29, 0.717) is 5.06 Å². The van der Waals surface area contributed by atoms with Crippen molar-refractivity contribution in [1.29, 1.82) is 0 Å². The SMILES string of the molecule is O=C(CCS(=O)(=O)O)ON1C(=O)CCC1=O.[H-].[Na+]. The van der Waals surface area contributed by atoms with E-state index in [-0.39, 0.29) is 43.8 Å². The van der Waals surface area contributed by atoms with Gasteiger partial charge in [-0.15, -0.1) is 5.06 Å². The van der Waals surface area contributed by atoms with Crippen LogP contribution < -0.4 is 29.6 Å². The fourth-order valence-corrected chi connectivity index (χ4v) is 1.44. The zero-order valence-electron chi connectivity index (χ0n) is 10.1. The standard InChI is InChI=1S/C7H9NO7S.Na.H/c9-5-1-2-6(10)8(5)15-7(11)3-4-16(12,13)14;;/h1-4H2,(H,12,13,14);;/q;+1;-1. The molecule has 1 heterocycles. The van der Waals surface area contributed by atoms with Crippen LogP contribution >= 0.6 is 0 Å². The summed E-state index contributed by atoms with van der Waals surface area (Å²) in [5.41, 5.74) is 0. The summed E-state index contributed by atoms with van der Waals surface area (Å²) < 4.78 is 29.0. The van der Waals surface area contributed by atoms with Crippen molar-refractivity contribution in [1.82, 2.24) is 5.06 Å². The minimum atomic E-state index is -4.27. The molecule has 2 amide bonds. The average molecular weight is 275 g/mol. The Hall–Kier alpha value is -0.480. The molecule has 0 radical (unpaired) electrons. The van der Waals surface area contributed by atoms with Crippen molar-refractivity contribution >= 4 is 27.9 Å². The molecule has 0 aromatic heterocycles. The number of hydrogen-bond donors (Lipinski definition) is 1. The number of carbonyl (C=O) groups is 3. The molecular weight excluding hydrogens is 265 g/mol. The molecule has 17 heavy (non-hydrogen) atoms. The van der Waals surface area contributed by atoms with Gasteiger partial charge in [0.05, 0.1) is 12.2 Å². The Kier molecular flexibility index (Phi) is 6.27. The molecule has 1 saturated heterocycles. The maximum atomic E-state index is 11.0. The Morgan fingerprint density at radius 3 is 2.24 bits per heavy atom. The Morgan fingerprint density at radius 1 is 1.35 bits per heavy atom. The molecule has 0 aromatic rings. The van der Waals surface area contributed by atoms with Crippen molar-refractivity contribution in [3.8, 4) is 0 Å². The van der Waals surface area contributed by atoms with E-state index < -0.39 is 40.1 Å². The summed E-state index contributed by atoms with van der Waals surface area (Å²) in [4.78, 5) is 37.3. The molecule has 92 valence electrons. The number of carbonyl (C=O) groups excluding carboxylic acids is 3. The van der Waals surface area contributed by atoms with Gasteiger partial charge in [0.25, 0.3) is 21.9 Å². The summed E-state index contributed by atoms with van der Waals surface area (Å²) in [5, 5.41) is 0.312. The largest absolute Gasteiger partial charge is 1.00 e. The molecule has 0 aromatic carbocycles. The molecule has 0 bridgehead atoms. The van der Waals surface area contributed by atoms with E-state index in [0.717, 1.165) is 0 Å². The van der Waals surface area contributed by atoms with Crippen LogP contribution in [-0.2, 0) is 29.3 Å². The van der Waals surface area contributed by atoms with Gasteiger partial charge in [-0.05, 0) is 0 Å². The Bertz CT molecular complexity index is 421. The third-order valence-corrected chi connectivity index (χ3v) is 2.48. The second kappa shape index (κ2) is 6.45. The predicted molar refractivity (Wildman–Crippen MR) is 49.3 cm³/mol. The third-order valence-electron chi connectivity index (χ3n) is 1.76. The topological polar surface area (TPSA) is 118 Å². The maximum Gasteiger partial charge on any atom is 1.00 e. The third kappa shape index (κ3) is 5.59. The number of imide groups is 1. The van der Waals surface area contributed by atoms with E-state index in [9.17, 15) is 22.8 Å². The van der Waals surface area contributed by atoms with Gasteiger partial charge in [0, 0.05) is 12.8 Å². The second-order valence-electron chi connectivity index (χ2n) is 3.08. The monoisotopic (exact) mass is 275 g/mol. The first-order valence-electron chi connectivity index (χ1n) is 4.31. The molecule has 1 aliphatic heterocycles. The summed E-state index contributed by atoms with van der Waals surface area (Å²) >= 11 is 0. The predicted octanol–water partition coefficient (Wildman–Crippen LogP) is -4.01. The fraction of sp³-hybridized carbons (Fsp3) is 0.571. The number of nitrogens with zero attached hydrogens (tertiary/aromatic N) is 1. The molecule has 0 spiro atoms. The summed E-state index contributed by atoms with van der Waals surface area (Å²) in [7, 11) is -4.27. The van der Waals surface area contributed by atoms with Gasteiger partial charge in [-0.3, -0.25) is 14.1 Å². The van der Waals surface area contributed by atoms with E-state index in [1.807, 2.05) is 0 Å². The first-order valence-corrected chi connectivity index (χ1v) is 5.92. The van der Waals surface area contributed by atoms with Crippen LogP contribution in [0.1, 0.15) is 20.7 Å². The number of amides is 2. The Balaban J connectivity index is 0. The Labute approximate surface area is 121 Å². The second-order valence-corrected chi connectivity index (χ2v) is 4.65. The van der Waals surface area contributed by atoms with E-state index >= 15 is 0 Å². The van der Waals surface area contributed by atoms with Gasteiger partial charge in [0.1, 0.15) is 0 Å². The molecule has 8 nitrogen and oxygen atoms in total. The van der Waals surface area contributed by atoms with Crippen LogP contribution in [0.3, 0.4) is 0 Å². The first-order chi connectivity index (χ1) is 7.29. The summed E-state index contributed by atoms with van der Waals surface area (Å²) in [6, 6.07) is 0. The molecule has 1 rings (SSSR count). The molecule has 0 unspecified atom stereocenters. The summed E-state index contributed by atoms with van der Waals surface area (Å²) in [5.74, 6) is -3.18. The summed E-state index contributed by atoms with van der Waals surface area (Å²) in [6.07, 6.45) is -0.704. The maximum absolute atomic E-state index is 11.0. The van der Waals surface area contributed by atoms with Crippen LogP contribution in [0.2, 0.25) is 0 Å². The molecule has 1 aliphatic rings. The van der Waals surface area contributed by atoms with Crippen LogP contribution in [0.5, 0.6) is 0 Å². The zero-order chi connectivity index (χ0) is 12.3. The molecule has 0 aliphatic carbocycles. The van der Waals surface area contributed by atoms with Crippen molar-refractivity contribution in [2.75, 3.05) is 5.75 Å². The van der Waals surface area contributed by atoms with Gasteiger partial charge < -0.3 is 6.26 Å². The summed E-state index contributed by atoms with van der Waals surface area (Å²) in [6.45, 7) is 0. The van der Waals surface area contributed by atoms with Crippen molar-refractivity contribution < 1.29 is 63.2 Å². The average Bonchev–Trinajstić information content (AvgIpc) is 2.45. The van der Waals surface area contributed by atoms with Crippen LogP contribution in [0.4, 0.5) is 0 Å². The smallest absolute Gasteiger partial charge is 1.00 e.